The van der Waals surface area contributed by atoms with Crippen LogP contribution in [0, 0.1) is 10.1 Å². The number of nitrogens with zero attached hydrogens (tertiary/aromatic N) is 1. The van der Waals surface area contributed by atoms with E-state index in [1.165, 1.54) is 12.1 Å². The molecule has 0 amide bonds. The van der Waals surface area contributed by atoms with E-state index in [2.05, 4.69) is 15.9 Å². The smallest absolute Gasteiger partial charge is 0.269 e. The number of nitro benzene ring substituents is 1. The standard InChI is InChI=1S/C14H11BrClNO3/c15-14-5-4-13(7-11(14)8-16)20-9-10-2-1-3-12(6-10)17(18)19/h1-7H,8-9H2. The lowest BCUT2D eigenvalue weighted by Crippen LogP contribution is -1.97. The van der Waals surface area contributed by atoms with Crippen LogP contribution in [0.5, 0.6) is 5.75 Å². The molecule has 0 N–H and O–H groups in total. The summed E-state index contributed by atoms with van der Waals surface area (Å²) in [7, 11) is 0. The molecule has 0 bridgehead atoms. The van der Waals surface area contributed by atoms with Crippen LogP contribution in [0.1, 0.15) is 11.1 Å². The Hall–Kier alpha value is -1.59. The quantitative estimate of drug-likeness (QED) is 0.444. The van der Waals surface area contributed by atoms with E-state index in [0.717, 1.165) is 15.6 Å². The fourth-order valence-electron chi connectivity index (χ4n) is 1.67. The van der Waals surface area contributed by atoms with E-state index in [1.54, 1.807) is 12.1 Å². The van der Waals surface area contributed by atoms with E-state index >= 15 is 0 Å². The number of benzene rings is 2. The highest BCUT2D eigenvalue weighted by molar-refractivity contribution is 9.10. The van der Waals surface area contributed by atoms with E-state index in [4.69, 9.17) is 16.3 Å². The van der Waals surface area contributed by atoms with Gasteiger partial charge in [-0.05, 0) is 29.3 Å². The number of halogens is 2. The fraction of sp³-hybridized carbons (Fsp3) is 0.143. The largest absolute Gasteiger partial charge is 0.489 e. The molecule has 104 valence electrons. The van der Waals surface area contributed by atoms with Gasteiger partial charge in [-0.2, -0.15) is 0 Å². The number of hydrogen-bond donors (Lipinski definition) is 0. The van der Waals surface area contributed by atoms with Gasteiger partial charge in [0.2, 0.25) is 0 Å². The third-order valence-electron chi connectivity index (χ3n) is 2.69. The van der Waals surface area contributed by atoms with Gasteiger partial charge in [0.15, 0.2) is 0 Å². The minimum Gasteiger partial charge on any atom is -0.489 e. The number of hydrogen-bond acceptors (Lipinski definition) is 3. The van der Waals surface area contributed by atoms with Crippen molar-refractivity contribution in [3.8, 4) is 5.75 Å². The third kappa shape index (κ3) is 3.71. The van der Waals surface area contributed by atoms with Crippen molar-refractivity contribution in [3.05, 3.63) is 68.2 Å². The molecule has 0 spiro atoms. The van der Waals surface area contributed by atoms with Crippen LogP contribution in [0.25, 0.3) is 0 Å². The van der Waals surface area contributed by atoms with Gasteiger partial charge in [0.1, 0.15) is 12.4 Å². The molecule has 0 aliphatic rings. The average molecular weight is 357 g/mol. The van der Waals surface area contributed by atoms with Crippen LogP contribution in [-0.4, -0.2) is 4.92 Å². The summed E-state index contributed by atoms with van der Waals surface area (Å²) in [6.07, 6.45) is 0. The molecule has 4 nitrogen and oxygen atoms in total. The lowest BCUT2D eigenvalue weighted by atomic mass is 10.2. The Morgan fingerprint density at radius 3 is 2.75 bits per heavy atom. The number of nitro groups is 1. The van der Waals surface area contributed by atoms with Gasteiger partial charge in [-0.1, -0.05) is 28.1 Å². The summed E-state index contributed by atoms with van der Waals surface area (Å²) in [6.45, 7) is 0.269. The molecule has 0 atom stereocenters. The summed E-state index contributed by atoms with van der Waals surface area (Å²) >= 11 is 9.21. The van der Waals surface area contributed by atoms with E-state index in [1.807, 2.05) is 18.2 Å². The molecule has 20 heavy (non-hydrogen) atoms. The summed E-state index contributed by atoms with van der Waals surface area (Å²) in [5.74, 6) is 1.06. The van der Waals surface area contributed by atoms with Crippen molar-refractivity contribution in [1.29, 1.82) is 0 Å². The summed E-state index contributed by atoms with van der Waals surface area (Å²) in [5, 5.41) is 10.7. The summed E-state index contributed by atoms with van der Waals surface area (Å²) in [5.41, 5.74) is 1.74. The van der Waals surface area contributed by atoms with Crippen LogP contribution in [0.15, 0.2) is 46.9 Å². The molecule has 0 unspecified atom stereocenters. The monoisotopic (exact) mass is 355 g/mol. The van der Waals surface area contributed by atoms with Gasteiger partial charge in [0.25, 0.3) is 5.69 Å². The summed E-state index contributed by atoms with van der Waals surface area (Å²) in [6, 6.07) is 11.9. The SMILES string of the molecule is O=[N+]([O-])c1cccc(COc2ccc(Br)c(CCl)c2)c1. The highest BCUT2D eigenvalue weighted by Crippen LogP contribution is 2.25. The van der Waals surface area contributed by atoms with Gasteiger partial charge in [-0.15, -0.1) is 11.6 Å². The Bertz CT molecular complexity index is 634. The molecule has 0 fully saturated rings. The van der Waals surface area contributed by atoms with E-state index in [0.29, 0.717) is 11.6 Å². The van der Waals surface area contributed by atoms with Crippen LogP contribution in [0.4, 0.5) is 5.69 Å². The van der Waals surface area contributed by atoms with E-state index < -0.39 is 4.92 Å². The molecule has 0 aliphatic heterocycles. The third-order valence-corrected chi connectivity index (χ3v) is 3.75. The maximum absolute atomic E-state index is 10.7. The first-order valence-electron chi connectivity index (χ1n) is 5.80. The summed E-state index contributed by atoms with van der Waals surface area (Å²) < 4.78 is 6.55. The van der Waals surface area contributed by atoms with Crippen molar-refractivity contribution in [2.45, 2.75) is 12.5 Å². The lowest BCUT2D eigenvalue weighted by molar-refractivity contribution is -0.384. The Balaban J connectivity index is 2.08. The van der Waals surface area contributed by atoms with Gasteiger partial charge in [-0.25, -0.2) is 0 Å². The van der Waals surface area contributed by atoms with Crippen molar-refractivity contribution in [3.63, 3.8) is 0 Å². The van der Waals surface area contributed by atoms with Gasteiger partial charge in [-0.3, -0.25) is 10.1 Å². The maximum Gasteiger partial charge on any atom is 0.269 e. The first-order valence-corrected chi connectivity index (χ1v) is 7.13. The molecular weight excluding hydrogens is 346 g/mol. The highest BCUT2D eigenvalue weighted by Gasteiger charge is 2.06. The molecule has 2 aromatic rings. The van der Waals surface area contributed by atoms with Crippen LogP contribution < -0.4 is 4.74 Å². The molecule has 2 rings (SSSR count). The van der Waals surface area contributed by atoms with Crippen LogP contribution >= 0.6 is 27.5 Å². The van der Waals surface area contributed by atoms with Gasteiger partial charge in [0, 0.05) is 22.5 Å². The Kier molecular flexibility index (Phi) is 4.98. The van der Waals surface area contributed by atoms with Crippen molar-refractivity contribution in [2.24, 2.45) is 0 Å². The zero-order chi connectivity index (χ0) is 14.5. The minimum atomic E-state index is -0.422. The molecule has 0 aromatic heterocycles. The summed E-state index contributed by atoms with van der Waals surface area (Å²) in [4.78, 5) is 10.3. The molecule has 0 saturated heterocycles. The average Bonchev–Trinajstić information content (AvgIpc) is 2.46. The van der Waals surface area contributed by atoms with Crippen molar-refractivity contribution >= 4 is 33.2 Å². The predicted octanol–water partition coefficient (Wildman–Crippen LogP) is 4.68. The molecule has 0 radical (unpaired) electrons. The maximum atomic E-state index is 10.7. The predicted molar refractivity (Wildman–Crippen MR) is 81.1 cm³/mol. The molecule has 6 heteroatoms. The molecule has 0 saturated carbocycles. The zero-order valence-corrected chi connectivity index (χ0v) is 12.7. The number of ether oxygens (including phenoxy) is 1. The lowest BCUT2D eigenvalue weighted by Gasteiger charge is -2.08. The Morgan fingerprint density at radius 1 is 1.25 bits per heavy atom. The molecule has 0 aliphatic carbocycles. The fourth-order valence-corrected chi connectivity index (χ4v) is 2.44. The topological polar surface area (TPSA) is 52.4 Å². The van der Waals surface area contributed by atoms with Crippen LogP contribution in [0.3, 0.4) is 0 Å². The van der Waals surface area contributed by atoms with Crippen molar-refractivity contribution in [2.75, 3.05) is 0 Å². The normalized spacial score (nSPS) is 10.3. The minimum absolute atomic E-state index is 0.0587. The van der Waals surface area contributed by atoms with Crippen molar-refractivity contribution < 1.29 is 9.66 Å². The first kappa shape index (κ1) is 14.8. The van der Waals surface area contributed by atoms with E-state index in [-0.39, 0.29) is 12.3 Å². The molecular formula is C14H11BrClNO3. The molecule has 2 aromatic carbocycles. The van der Waals surface area contributed by atoms with Crippen molar-refractivity contribution in [1.82, 2.24) is 0 Å². The second-order valence-electron chi connectivity index (χ2n) is 4.10. The second-order valence-corrected chi connectivity index (χ2v) is 5.22. The van der Waals surface area contributed by atoms with Gasteiger partial charge >= 0.3 is 0 Å². The van der Waals surface area contributed by atoms with Gasteiger partial charge < -0.3 is 4.74 Å². The molecule has 0 heterocycles. The zero-order valence-electron chi connectivity index (χ0n) is 10.4. The van der Waals surface area contributed by atoms with Crippen LogP contribution in [-0.2, 0) is 12.5 Å². The van der Waals surface area contributed by atoms with Gasteiger partial charge in [0.05, 0.1) is 4.92 Å². The van der Waals surface area contributed by atoms with Crippen LogP contribution in [0.2, 0.25) is 0 Å². The first-order chi connectivity index (χ1) is 9.60. The van der Waals surface area contributed by atoms with E-state index in [9.17, 15) is 10.1 Å². The Morgan fingerprint density at radius 2 is 2.05 bits per heavy atom. The number of non-ortho nitro benzene ring substituents is 1. The Labute approximate surface area is 129 Å². The highest BCUT2D eigenvalue weighted by atomic mass is 79.9. The number of alkyl halides is 1. The second kappa shape index (κ2) is 6.72. The number of rotatable bonds is 5.